The molecule has 3 unspecified atom stereocenters. The van der Waals surface area contributed by atoms with Crippen molar-refractivity contribution in [2.75, 3.05) is 6.54 Å². The summed E-state index contributed by atoms with van der Waals surface area (Å²) in [6.45, 7) is 4.33. The number of imide groups is 1. The third-order valence-corrected chi connectivity index (χ3v) is 5.88. The van der Waals surface area contributed by atoms with E-state index in [1.165, 1.54) is 4.90 Å². The highest BCUT2D eigenvalue weighted by Crippen LogP contribution is 2.37. The second-order valence-corrected chi connectivity index (χ2v) is 8.43. The molecule has 1 saturated heterocycles. The summed E-state index contributed by atoms with van der Waals surface area (Å²) >= 11 is 0. The lowest BCUT2D eigenvalue weighted by Crippen LogP contribution is -2.51. The number of fused-ring (bicyclic) bond motifs is 2. The van der Waals surface area contributed by atoms with Crippen LogP contribution in [0.4, 0.5) is 0 Å². The van der Waals surface area contributed by atoms with Gasteiger partial charge in [0.05, 0.1) is 11.8 Å². The predicted octanol–water partition coefficient (Wildman–Crippen LogP) is 1.75. The summed E-state index contributed by atoms with van der Waals surface area (Å²) in [7, 11) is 0. The van der Waals surface area contributed by atoms with Crippen molar-refractivity contribution in [3.63, 3.8) is 0 Å². The van der Waals surface area contributed by atoms with Gasteiger partial charge in [0.25, 0.3) is 0 Å². The van der Waals surface area contributed by atoms with E-state index in [4.69, 9.17) is 0 Å². The quantitative estimate of drug-likeness (QED) is 0.555. The predicted molar refractivity (Wildman–Crippen MR) is 110 cm³/mol. The van der Waals surface area contributed by atoms with Crippen LogP contribution in [-0.2, 0) is 20.8 Å². The Morgan fingerprint density at radius 3 is 2.50 bits per heavy atom. The lowest BCUT2D eigenvalue weighted by atomic mass is 9.85. The number of amides is 3. The minimum Gasteiger partial charge on any atom is -0.354 e. The van der Waals surface area contributed by atoms with Gasteiger partial charge in [0.15, 0.2) is 5.65 Å². The molecular formula is C22H27N5O3. The molecule has 1 N–H and O–H groups in total. The second-order valence-electron chi connectivity index (χ2n) is 8.43. The first-order valence-corrected chi connectivity index (χ1v) is 10.6. The number of hydrogen-bond acceptors (Lipinski definition) is 5. The zero-order valence-corrected chi connectivity index (χ0v) is 17.3. The van der Waals surface area contributed by atoms with Crippen LogP contribution in [0.1, 0.15) is 38.9 Å². The topological polar surface area (TPSA) is 96.7 Å². The fourth-order valence-electron chi connectivity index (χ4n) is 4.39. The molecule has 0 spiro atoms. The maximum Gasteiger partial charge on any atom is 0.243 e. The van der Waals surface area contributed by atoms with Gasteiger partial charge in [0.2, 0.25) is 17.7 Å². The maximum absolute atomic E-state index is 13.0. The molecule has 158 valence electrons. The van der Waals surface area contributed by atoms with Gasteiger partial charge < -0.3 is 5.32 Å². The van der Waals surface area contributed by atoms with E-state index in [0.29, 0.717) is 32.2 Å². The van der Waals surface area contributed by atoms with Crippen LogP contribution in [0.2, 0.25) is 0 Å². The normalized spacial score (nSPS) is 22.0. The summed E-state index contributed by atoms with van der Waals surface area (Å²) in [4.78, 5) is 40.2. The molecule has 3 heterocycles. The van der Waals surface area contributed by atoms with Gasteiger partial charge in [-0.2, -0.15) is 0 Å². The number of nitrogens with one attached hydrogen (secondary N) is 1. The third kappa shape index (κ3) is 3.74. The van der Waals surface area contributed by atoms with E-state index in [-0.39, 0.29) is 35.5 Å². The van der Waals surface area contributed by atoms with Crippen LogP contribution in [0.5, 0.6) is 0 Å². The molecule has 3 amide bonds. The van der Waals surface area contributed by atoms with Crippen molar-refractivity contribution in [2.45, 2.75) is 45.6 Å². The van der Waals surface area contributed by atoms with E-state index >= 15 is 0 Å². The smallest absolute Gasteiger partial charge is 0.243 e. The number of nitrogens with zero attached hydrogens (tertiary/aromatic N) is 4. The van der Waals surface area contributed by atoms with Crippen molar-refractivity contribution in [1.82, 2.24) is 24.8 Å². The second kappa shape index (κ2) is 8.38. The Bertz CT molecular complexity index is 970. The van der Waals surface area contributed by atoms with Crippen molar-refractivity contribution in [2.24, 2.45) is 17.8 Å². The van der Waals surface area contributed by atoms with Crippen LogP contribution in [0.25, 0.3) is 5.65 Å². The molecular weight excluding hydrogens is 382 g/mol. The van der Waals surface area contributed by atoms with Crippen LogP contribution in [-0.4, -0.2) is 49.8 Å². The Morgan fingerprint density at radius 2 is 1.83 bits per heavy atom. The van der Waals surface area contributed by atoms with Crippen LogP contribution < -0.4 is 5.32 Å². The number of aromatic nitrogens is 3. The minimum absolute atomic E-state index is 0.169. The Morgan fingerprint density at radius 1 is 1.13 bits per heavy atom. The standard InChI is InChI=1S/C22H27N5O3/c1-14(2)13-17(27-21(29)15-7-3-4-8-16(15)22(27)30)20(28)23-11-10-19-25-24-18-9-5-6-12-26(18)19/h3-6,9,12,14-17H,7-8,10-11,13H2,1-2H3,(H,23,28). The Balaban J connectivity index is 1.45. The molecule has 0 saturated carbocycles. The van der Waals surface area contributed by atoms with E-state index < -0.39 is 6.04 Å². The molecule has 0 bridgehead atoms. The zero-order valence-electron chi connectivity index (χ0n) is 17.3. The van der Waals surface area contributed by atoms with Crippen LogP contribution in [0, 0.1) is 17.8 Å². The Hall–Kier alpha value is -3.03. The van der Waals surface area contributed by atoms with Gasteiger partial charge in [-0.15, -0.1) is 10.2 Å². The fourth-order valence-corrected chi connectivity index (χ4v) is 4.39. The molecule has 3 atom stereocenters. The highest BCUT2D eigenvalue weighted by atomic mass is 16.2. The first kappa shape index (κ1) is 20.3. The van der Waals surface area contributed by atoms with Gasteiger partial charge in [-0.1, -0.05) is 32.1 Å². The number of hydrogen-bond donors (Lipinski definition) is 1. The number of allylic oxidation sites excluding steroid dienone is 2. The molecule has 8 heteroatoms. The minimum atomic E-state index is -0.772. The summed E-state index contributed by atoms with van der Waals surface area (Å²) in [5.41, 5.74) is 0.751. The largest absolute Gasteiger partial charge is 0.354 e. The number of carbonyl (C=O) groups excluding carboxylic acids is 3. The average molecular weight is 409 g/mol. The summed E-state index contributed by atoms with van der Waals surface area (Å²) < 4.78 is 1.88. The summed E-state index contributed by atoms with van der Waals surface area (Å²) in [5, 5.41) is 11.2. The van der Waals surface area contributed by atoms with E-state index in [0.717, 1.165) is 11.5 Å². The van der Waals surface area contributed by atoms with E-state index in [1.54, 1.807) is 0 Å². The third-order valence-electron chi connectivity index (χ3n) is 5.88. The van der Waals surface area contributed by atoms with Crippen molar-refractivity contribution >= 4 is 23.4 Å². The highest BCUT2D eigenvalue weighted by Gasteiger charge is 2.51. The SMILES string of the molecule is CC(C)CC(C(=O)NCCc1nnc2ccccn12)N1C(=O)C2CC=CCC2C1=O. The molecule has 1 fully saturated rings. The number of rotatable bonds is 7. The molecule has 2 aliphatic rings. The molecule has 1 aliphatic carbocycles. The van der Waals surface area contributed by atoms with Gasteiger partial charge >= 0.3 is 0 Å². The number of pyridine rings is 1. The molecule has 2 aromatic rings. The lowest BCUT2D eigenvalue weighted by molar-refractivity contribution is -0.148. The first-order valence-electron chi connectivity index (χ1n) is 10.6. The molecule has 1 aliphatic heterocycles. The van der Waals surface area contributed by atoms with E-state index in [2.05, 4.69) is 15.5 Å². The van der Waals surface area contributed by atoms with Crippen LogP contribution in [0.3, 0.4) is 0 Å². The molecule has 30 heavy (non-hydrogen) atoms. The summed E-state index contributed by atoms with van der Waals surface area (Å²) in [6, 6.07) is 4.89. The van der Waals surface area contributed by atoms with Crippen molar-refractivity contribution in [3.8, 4) is 0 Å². The summed E-state index contributed by atoms with van der Waals surface area (Å²) in [5.74, 6) is -0.443. The van der Waals surface area contributed by atoms with Crippen molar-refractivity contribution in [3.05, 3.63) is 42.4 Å². The Labute approximate surface area is 175 Å². The van der Waals surface area contributed by atoms with Crippen molar-refractivity contribution < 1.29 is 14.4 Å². The number of likely N-dealkylation sites (tertiary alicyclic amines) is 1. The highest BCUT2D eigenvalue weighted by molar-refractivity contribution is 6.08. The van der Waals surface area contributed by atoms with Crippen LogP contribution >= 0.6 is 0 Å². The maximum atomic E-state index is 13.0. The number of carbonyl (C=O) groups is 3. The van der Waals surface area contributed by atoms with E-state index in [9.17, 15) is 14.4 Å². The van der Waals surface area contributed by atoms with Gasteiger partial charge in [0.1, 0.15) is 11.9 Å². The van der Waals surface area contributed by atoms with Crippen molar-refractivity contribution in [1.29, 1.82) is 0 Å². The fraction of sp³-hybridized carbons (Fsp3) is 0.500. The first-order chi connectivity index (χ1) is 14.5. The van der Waals surface area contributed by atoms with Gasteiger partial charge in [-0.3, -0.25) is 23.7 Å². The monoisotopic (exact) mass is 409 g/mol. The average Bonchev–Trinajstić information content (AvgIpc) is 3.26. The Kier molecular flexibility index (Phi) is 5.65. The molecule has 4 rings (SSSR count). The van der Waals surface area contributed by atoms with Gasteiger partial charge in [-0.05, 0) is 37.3 Å². The van der Waals surface area contributed by atoms with Gasteiger partial charge in [-0.25, -0.2) is 0 Å². The molecule has 0 aromatic carbocycles. The molecule has 8 nitrogen and oxygen atoms in total. The molecule has 2 aromatic heterocycles. The van der Waals surface area contributed by atoms with Gasteiger partial charge in [0, 0.05) is 19.2 Å². The van der Waals surface area contributed by atoms with Crippen LogP contribution in [0.15, 0.2) is 36.5 Å². The van der Waals surface area contributed by atoms with E-state index in [1.807, 2.05) is 54.8 Å². The zero-order chi connectivity index (χ0) is 21.3. The summed E-state index contributed by atoms with van der Waals surface area (Å²) in [6.07, 6.45) is 7.88. The lowest BCUT2D eigenvalue weighted by Gasteiger charge is -2.27. The molecule has 0 radical (unpaired) electrons.